The highest BCUT2D eigenvalue weighted by Crippen LogP contribution is 2.32. The van der Waals surface area contributed by atoms with Crippen LogP contribution < -0.4 is 15.8 Å². The fourth-order valence-corrected chi connectivity index (χ4v) is 5.01. The molecule has 0 spiro atoms. The molecule has 0 radical (unpaired) electrons. The van der Waals surface area contributed by atoms with E-state index >= 15 is 0 Å². The van der Waals surface area contributed by atoms with Crippen molar-refractivity contribution in [2.75, 3.05) is 11.9 Å². The lowest BCUT2D eigenvalue weighted by molar-refractivity contribution is -0.104. The zero-order valence-electron chi connectivity index (χ0n) is 19.9. The van der Waals surface area contributed by atoms with Gasteiger partial charge in [0.05, 0.1) is 4.90 Å². The molecule has 4 rings (SSSR count). The Balaban J connectivity index is 1.71. The lowest BCUT2D eigenvalue weighted by atomic mass is 10.00. The number of sulfonamides is 1. The van der Waals surface area contributed by atoms with Gasteiger partial charge in [-0.25, -0.2) is 13.6 Å². The highest BCUT2D eigenvalue weighted by Gasteiger charge is 2.16. The second kappa shape index (κ2) is 10.2. The Kier molecular flexibility index (Phi) is 7.05. The van der Waals surface area contributed by atoms with E-state index in [4.69, 9.17) is 10.9 Å². The summed E-state index contributed by atoms with van der Waals surface area (Å²) >= 11 is 0. The van der Waals surface area contributed by atoms with Crippen molar-refractivity contribution in [2.45, 2.75) is 11.4 Å². The molecule has 7 heteroatoms. The van der Waals surface area contributed by atoms with E-state index in [-0.39, 0.29) is 4.90 Å². The number of anilines is 1. The lowest BCUT2D eigenvalue weighted by Crippen LogP contribution is -2.17. The quantitative estimate of drug-likeness (QED) is 0.265. The molecule has 36 heavy (non-hydrogen) atoms. The predicted molar refractivity (Wildman–Crippen MR) is 148 cm³/mol. The number of nitrogens with two attached hydrogens (primary N) is 2. The van der Waals surface area contributed by atoms with Gasteiger partial charge in [-0.1, -0.05) is 55.1 Å². The SMILES string of the molecule is C=C(N)c1ccc2ccc(CN(C)c3ccc(-c4ccccc4S(N)(=O)=O)cc3/C=C\C=O)cc2c1. The van der Waals surface area contributed by atoms with Crippen LogP contribution in [0, 0.1) is 0 Å². The molecule has 4 N–H and O–H groups in total. The van der Waals surface area contributed by atoms with E-state index in [1.807, 2.05) is 43.4 Å². The van der Waals surface area contributed by atoms with E-state index in [1.165, 1.54) is 12.1 Å². The van der Waals surface area contributed by atoms with Crippen LogP contribution in [0.25, 0.3) is 33.7 Å². The normalized spacial score (nSPS) is 11.6. The summed E-state index contributed by atoms with van der Waals surface area (Å²) in [7, 11) is -1.94. The largest absolute Gasteiger partial charge is 0.399 e. The van der Waals surface area contributed by atoms with Crippen LogP contribution in [0.5, 0.6) is 0 Å². The van der Waals surface area contributed by atoms with Crippen LogP contribution in [-0.2, 0) is 21.4 Å². The summed E-state index contributed by atoms with van der Waals surface area (Å²) in [5, 5.41) is 7.61. The van der Waals surface area contributed by atoms with Crippen LogP contribution >= 0.6 is 0 Å². The molecule has 6 nitrogen and oxygen atoms in total. The molecule has 0 aliphatic rings. The van der Waals surface area contributed by atoms with Gasteiger partial charge >= 0.3 is 0 Å². The molecular formula is C29H27N3O3S. The van der Waals surface area contributed by atoms with E-state index in [9.17, 15) is 13.2 Å². The van der Waals surface area contributed by atoms with E-state index in [2.05, 4.69) is 29.7 Å². The average Bonchev–Trinajstić information content (AvgIpc) is 2.86. The number of rotatable bonds is 8. The molecule has 4 aromatic carbocycles. The summed E-state index contributed by atoms with van der Waals surface area (Å²) in [5.41, 5.74) is 11.2. The number of fused-ring (bicyclic) bond motifs is 1. The van der Waals surface area contributed by atoms with Crippen LogP contribution in [0.4, 0.5) is 5.69 Å². The maximum absolute atomic E-state index is 12.1. The number of carbonyl (C=O) groups is 1. The molecule has 0 fully saturated rings. The highest BCUT2D eigenvalue weighted by atomic mass is 32.2. The van der Waals surface area contributed by atoms with Gasteiger partial charge in [-0.15, -0.1) is 0 Å². The molecule has 0 atom stereocenters. The van der Waals surface area contributed by atoms with E-state index in [0.717, 1.165) is 33.2 Å². The maximum atomic E-state index is 12.1. The Morgan fingerprint density at radius 2 is 1.72 bits per heavy atom. The maximum Gasteiger partial charge on any atom is 0.238 e. The van der Waals surface area contributed by atoms with Gasteiger partial charge < -0.3 is 10.6 Å². The van der Waals surface area contributed by atoms with Gasteiger partial charge in [0.2, 0.25) is 10.0 Å². The molecule has 0 amide bonds. The van der Waals surface area contributed by atoms with Gasteiger partial charge in [-0.3, -0.25) is 4.79 Å². The van der Waals surface area contributed by atoms with Gasteiger partial charge in [-0.2, -0.15) is 0 Å². The summed E-state index contributed by atoms with van der Waals surface area (Å²) in [4.78, 5) is 13.2. The minimum Gasteiger partial charge on any atom is -0.399 e. The first kappa shape index (κ1) is 24.9. The Morgan fingerprint density at radius 3 is 2.44 bits per heavy atom. The first-order chi connectivity index (χ1) is 17.2. The Hall–Kier alpha value is -4.20. The van der Waals surface area contributed by atoms with Crippen molar-refractivity contribution < 1.29 is 13.2 Å². The summed E-state index contributed by atoms with van der Waals surface area (Å²) in [6.45, 7) is 4.43. The third kappa shape index (κ3) is 5.38. The van der Waals surface area contributed by atoms with Crippen molar-refractivity contribution in [1.82, 2.24) is 0 Å². The van der Waals surface area contributed by atoms with Crippen molar-refractivity contribution in [2.24, 2.45) is 10.9 Å². The zero-order chi connectivity index (χ0) is 25.9. The van der Waals surface area contributed by atoms with E-state index in [1.54, 1.807) is 24.3 Å². The van der Waals surface area contributed by atoms with Gasteiger partial charge in [0, 0.05) is 30.5 Å². The highest BCUT2D eigenvalue weighted by molar-refractivity contribution is 7.89. The van der Waals surface area contributed by atoms with Crippen LogP contribution in [0.2, 0.25) is 0 Å². The summed E-state index contributed by atoms with van der Waals surface area (Å²) in [6, 6.07) is 24.5. The Labute approximate surface area is 211 Å². The standard InChI is InChI=1S/C29H27N3O3S/c1-20(30)23-12-11-22-10-9-21(16-26(22)17-23)19-32(2)28-14-13-24(18-25(28)6-5-15-33)27-7-3-4-8-29(27)36(31,34)35/h3-18H,1,19,30H2,2H3,(H2,31,34,35)/b6-5-. The van der Waals surface area contributed by atoms with Crippen molar-refractivity contribution in [3.05, 3.63) is 108 Å². The Bertz CT molecular complexity index is 1610. The van der Waals surface area contributed by atoms with Gasteiger partial charge in [0.25, 0.3) is 0 Å². The molecule has 4 aromatic rings. The molecule has 0 heterocycles. The van der Waals surface area contributed by atoms with Crippen molar-refractivity contribution in [3.63, 3.8) is 0 Å². The Morgan fingerprint density at radius 1 is 0.972 bits per heavy atom. The number of allylic oxidation sites excluding steroid dienone is 1. The van der Waals surface area contributed by atoms with Crippen molar-refractivity contribution >= 4 is 44.5 Å². The van der Waals surface area contributed by atoms with Crippen molar-refractivity contribution in [3.8, 4) is 11.1 Å². The molecule has 0 unspecified atom stereocenters. The summed E-state index contributed by atoms with van der Waals surface area (Å²) < 4.78 is 24.2. The molecule has 0 bridgehead atoms. The van der Waals surface area contributed by atoms with Crippen LogP contribution in [-0.4, -0.2) is 21.8 Å². The van der Waals surface area contributed by atoms with Crippen molar-refractivity contribution in [1.29, 1.82) is 0 Å². The number of hydrogen-bond donors (Lipinski definition) is 2. The summed E-state index contributed by atoms with van der Waals surface area (Å²) in [6.07, 6.45) is 3.83. The second-order valence-electron chi connectivity index (χ2n) is 8.59. The number of carbonyl (C=O) groups excluding carboxylic acids is 1. The predicted octanol–water partition coefficient (Wildman–Crippen LogP) is 4.93. The molecule has 0 aromatic heterocycles. The van der Waals surface area contributed by atoms with Crippen LogP contribution in [0.3, 0.4) is 0 Å². The minimum absolute atomic E-state index is 0.0483. The first-order valence-corrected chi connectivity index (χ1v) is 12.8. The van der Waals surface area contributed by atoms with Gasteiger partial charge in [0.15, 0.2) is 0 Å². The molecule has 0 saturated carbocycles. The molecular weight excluding hydrogens is 470 g/mol. The fourth-order valence-electron chi connectivity index (χ4n) is 4.25. The van der Waals surface area contributed by atoms with Gasteiger partial charge in [-0.05, 0) is 75.5 Å². The van der Waals surface area contributed by atoms with Gasteiger partial charge in [0.1, 0.15) is 6.29 Å². The van der Waals surface area contributed by atoms with E-state index < -0.39 is 10.0 Å². The second-order valence-corrected chi connectivity index (χ2v) is 10.1. The number of benzene rings is 4. The number of nitrogens with zero attached hydrogens (tertiary/aromatic N) is 1. The number of aldehydes is 1. The molecule has 182 valence electrons. The minimum atomic E-state index is -3.90. The van der Waals surface area contributed by atoms with E-state index in [0.29, 0.717) is 29.7 Å². The zero-order valence-corrected chi connectivity index (χ0v) is 20.7. The lowest BCUT2D eigenvalue weighted by Gasteiger charge is -2.23. The molecule has 0 aliphatic heterocycles. The monoisotopic (exact) mass is 497 g/mol. The summed E-state index contributed by atoms with van der Waals surface area (Å²) in [5.74, 6) is 0. The first-order valence-electron chi connectivity index (χ1n) is 11.2. The third-order valence-corrected chi connectivity index (χ3v) is 6.96. The molecule has 0 aliphatic carbocycles. The number of primary sulfonamides is 1. The average molecular weight is 498 g/mol. The smallest absolute Gasteiger partial charge is 0.238 e. The molecule has 0 saturated heterocycles. The topological polar surface area (TPSA) is 106 Å². The van der Waals surface area contributed by atoms with Crippen LogP contribution in [0.15, 0.2) is 96.4 Å². The van der Waals surface area contributed by atoms with Crippen LogP contribution in [0.1, 0.15) is 16.7 Å². The third-order valence-electron chi connectivity index (χ3n) is 5.99. The number of hydrogen-bond acceptors (Lipinski definition) is 5. The fraction of sp³-hybridized carbons (Fsp3) is 0.0690.